The van der Waals surface area contributed by atoms with E-state index in [9.17, 15) is 9.18 Å². The minimum Gasteiger partial charge on any atom is -0.303 e. The molecule has 1 aromatic carbocycles. The molecule has 7 heteroatoms. The first-order valence-electron chi connectivity index (χ1n) is 11.5. The van der Waals surface area contributed by atoms with Crippen molar-refractivity contribution in [3.63, 3.8) is 0 Å². The number of thiol groups is 1. The van der Waals surface area contributed by atoms with Crippen molar-refractivity contribution in [1.82, 2.24) is 10.2 Å². The smallest absolute Gasteiger partial charge is 0.303 e. The number of piperidine rings is 1. The molecular weight excluding hydrogens is 399 g/mol. The van der Waals surface area contributed by atoms with Crippen molar-refractivity contribution in [3.8, 4) is 0 Å². The number of nitrogens with zero attached hydrogens (tertiary/aromatic N) is 3. The number of hydrogen-bond donors (Lipinski definition) is 2. The van der Waals surface area contributed by atoms with Gasteiger partial charge in [-0.2, -0.15) is 0 Å². The molecule has 5 nitrogen and oxygen atoms in total. The summed E-state index contributed by atoms with van der Waals surface area (Å²) in [4.78, 5) is 23.2. The highest BCUT2D eigenvalue weighted by molar-refractivity contribution is 7.80. The third-order valence-electron chi connectivity index (χ3n) is 7.26. The van der Waals surface area contributed by atoms with Crippen molar-refractivity contribution in [1.29, 1.82) is 0 Å². The van der Waals surface area contributed by atoms with Crippen molar-refractivity contribution >= 4 is 30.2 Å². The van der Waals surface area contributed by atoms with Gasteiger partial charge in [-0.1, -0.05) is 19.3 Å². The SMILES string of the molecule is O=C1NC(=NC2CCCCC2)C2(CCN(CC3CC3)CC2)N1c1cc(F)ccc1S. The van der Waals surface area contributed by atoms with Gasteiger partial charge in [0.2, 0.25) is 0 Å². The molecule has 0 bridgehead atoms. The second kappa shape index (κ2) is 8.15. The first-order chi connectivity index (χ1) is 14.5. The number of aliphatic imine (C=N–C) groups is 1. The van der Waals surface area contributed by atoms with E-state index in [-0.39, 0.29) is 17.9 Å². The maximum Gasteiger partial charge on any atom is 0.328 e. The molecule has 4 fully saturated rings. The van der Waals surface area contributed by atoms with Gasteiger partial charge in [-0.05, 0) is 62.6 Å². The zero-order valence-electron chi connectivity index (χ0n) is 17.4. The lowest BCUT2D eigenvalue weighted by atomic mass is 9.84. The van der Waals surface area contributed by atoms with Crippen LogP contribution in [0.5, 0.6) is 0 Å². The summed E-state index contributed by atoms with van der Waals surface area (Å²) in [5.74, 6) is 1.29. The Morgan fingerprint density at radius 3 is 2.57 bits per heavy atom. The van der Waals surface area contributed by atoms with Crippen molar-refractivity contribution in [2.24, 2.45) is 10.9 Å². The zero-order valence-corrected chi connectivity index (χ0v) is 18.3. The number of urea groups is 1. The number of carbonyl (C=O) groups is 1. The molecule has 0 aromatic heterocycles. The molecule has 162 valence electrons. The summed E-state index contributed by atoms with van der Waals surface area (Å²) in [6.45, 7) is 3.02. The lowest BCUT2D eigenvalue weighted by Gasteiger charge is -2.44. The fourth-order valence-electron chi connectivity index (χ4n) is 5.37. The molecule has 2 saturated carbocycles. The summed E-state index contributed by atoms with van der Waals surface area (Å²) < 4.78 is 14.1. The number of halogens is 1. The Hall–Kier alpha value is -1.60. The Kier molecular flexibility index (Phi) is 5.52. The van der Waals surface area contributed by atoms with Crippen molar-refractivity contribution in [2.75, 3.05) is 24.5 Å². The van der Waals surface area contributed by atoms with Crippen LogP contribution < -0.4 is 10.2 Å². The molecule has 2 aliphatic carbocycles. The summed E-state index contributed by atoms with van der Waals surface area (Å²) in [6, 6.07) is 4.53. The Bertz CT molecular complexity index is 842. The fourth-order valence-corrected chi connectivity index (χ4v) is 5.61. The van der Waals surface area contributed by atoms with Gasteiger partial charge in [0, 0.05) is 24.5 Å². The first kappa shape index (κ1) is 20.3. The molecule has 0 radical (unpaired) electrons. The number of rotatable bonds is 4. The molecule has 2 saturated heterocycles. The highest BCUT2D eigenvalue weighted by atomic mass is 32.1. The minimum absolute atomic E-state index is 0.207. The summed E-state index contributed by atoms with van der Waals surface area (Å²) in [5, 5.41) is 3.09. The number of nitrogens with one attached hydrogen (secondary N) is 1. The maximum atomic E-state index is 14.1. The minimum atomic E-state index is -0.528. The highest BCUT2D eigenvalue weighted by Gasteiger charge is 2.53. The topological polar surface area (TPSA) is 47.9 Å². The van der Waals surface area contributed by atoms with Gasteiger partial charge >= 0.3 is 6.03 Å². The fraction of sp³-hybridized carbons (Fsp3) is 0.652. The Labute approximate surface area is 183 Å². The van der Waals surface area contributed by atoms with E-state index in [2.05, 4.69) is 22.8 Å². The normalized spacial score (nSPS) is 26.5. The first-order valence-corrected chi connectivity index (χ1v) is 11.9. The number of carbonyl (C=O) groups excluding carboxylic acids is 1. The number of benzene rings is 1. The van der Waals surface area contributed by atoms with Crippen LogP contribution in [-0.4, -0.2) is 48.0 Å². The molecular formula is C23H31FN4OS. The molecule has 1 spiro atoms. The van der Waals surface area contributed by atoms with Crippen LogP contribution in [0.4, 0.5) is 14.9 Å². The van der Waals surface area contributed by atoms with E-state index in [0.29, 0.717) is 10.6 Å². The van der Waals surface area contributed by atoms with Gasteiger partial charge in [-0.3, -0.25) is 15.2 Å². The molecule has 4 aliphatic rings. The largest absolute Gasteiger partial charge is 0.328 e. The average Bonchev–Trinajstić information content (AvgIpc) is 3.52. The Balaban J connectivity index is 1.49. The van der Waals surface area contributed by atoms with E-state index >= 15 is 0 Å². The number of anilines is 1. The standard InChI is InChI=1S/C23H31FN4OS/c24-17-8-9-20(30)19(14-17)28-22(29)26-21(25-18-4-2-1-3-5-18)23(28)10-12-27(13-11-23)15-16-6-7-16/h8-9,14,16,18,30H,1-7,10-13,15H2,(H,25,26,29). The molecule has 5 rings (SSSR count). The van der Waals surface area contributed by atoms with Crippen LogP contribution in [-0.2, 0) is 0 Å². The van der Waals surface area contributed by atoms with Gasteiger partial charge in [-0.15, -0.1) is 12.6 Å². The van der Waals surface area contributed by atoms with Gasteiger partial charge < -0.3 is 4.90 Å². The molecule has 0 unspecified atom stereocenters. The van der Waals surface area contributed by atoms with Crippen LogP contribution >= 0.6 is 12.6 Å². The monoisotopic (exact) mass is 430 g/mol. The lowest BCUT2D eigenvalue weighted by Crippen LogP contribution is -2.57. The lowest BCUT2D eigenvalue weighted by molar-refractivity contribution is 0.184. The summed E-state index contributed by atoms with van der Waals surface area (Å²) >= 11 is 4.56. The van der Waals surface area contributed by atoms with E-state index in [0.717, 1.165) is 57.1 Å². The second-order valence-corrected chi connectivity index (χ2v) is 9.93. The van der Waals surface area contributed by atoms with Gasteiger partial charge in [0.15, 0.2) is 0 Å². The molecule has 2 amide bonds. The highest BCUT2D eigenvalue weighted by Crippen LogP contribution is 2.42. The third kappa shape index (κ3) is 3.86. The summed E-state index contributed by atoms with van der Waals surface area (Å²) in [6.07, 6.45) is 10.2. The van der Waals surface area contributed by atoms with Crippen LogP contribution in [0.3, 0.4) is 0 Å². The van der Waals surface area contributed by atoms with Gasteiger partial charge in [0.25, 0.3) is 0 Å². The van der Waals surface area contributed by atoms with Gasteiger partial charge in [0.1, 0.15) is 17.2 Å². The van der Waals surface area contributed by atoms with E-state index in [1.54, 1.807) is 11.0 Å². The van der Waals surface area contributed by atoms with E-state index in [1.165, 1.54) is 44.2 Å². The van der Waals surface area contributed by atoms with E-state index < -0.39 is 5.54 Å². The third-order valence-corrected chi connectivity index (χ3v) is 7.64. The van der Waals surface area contributed by atoms with Gasteiger partial charge in [-0.25, -0.2) is 9.18 Å². The quantitative estimate of drug-likeness (QED) is 0.685. The summed E-state index contributed by atoms with van der Waals surface area (Å²) in [7, 11) is 0. The predicted octanol–water partition coefficient (Wildman–Crippen LogP) is 4.62. The van der Waals surface area contributed by atoms with Crippen molar-refractivity contribution in [2.45, 2.75) is 74.3 Å². The van der Waals surface area contributed by atoms with Crippen LogP contribution in [0.1, 0.15) is 57.8 Å². The molecule has 0 atom stereocenters. The maximum absolute atomic E-state index is 14.1. The molecule has 1 aromatic rings. The number of likely N-dealkylation sites (tertiary alicyclic amines) is 1. The van der Waals surface area contributed by atoms with E-state index in [4.69, 9.17) is 4.99 Å². The second-order valence-electron chi connectivity index (χ2n) is 9.44. The number of amides is 2. The van der Waals surface area contributed by atoms with Crippen LogP contribution in [0.15, 0.2) is 28.1 Å². The van der Waals surface area contributed by atoms with Crippen molar-refractivity contribution < 1.29 is 9.18 Å². The molecule has 2 heterocycles. The Morgan fingerprint density at radius 1 is 1.13 bits per heavy atom. The Morgan fingerprint density at radius 2 is 1.87 bits per heavy atom. The predicted molar refractivity (Wildman–Crippen MR) is 120 cm³/mol. The van der Waals surface area contributed by atoms with Crippen LogP contribution in [0.2, 0.25) is 0 Å². The average molecular weight is 431 g/mol. The zero-order chi connectivity index (χ0) is 20.7. The molecule has 2 aliphatic heterocycles. The number of amidine groups is 1. The van der Waals surface area contributed by atoms with Gasteiger partial charge in [0.05, 0.1) is 11.7 Å². The van der Waals surface area contributed by atoms with Crippen LogP contribution in [0, 0.1) is 11.7 Å². The van der Waals surface area contributed by atoms with Crippen molar-refractivity contribution in [3.05, 3.63) is 24.0 Å². The van der Waals surface area contributed by atoms with E-state index in [1.807, 2.05) is 0 Å². The molecule has 1 N–H and O–H groups in total. The summed E-state index contributed by atoms with van der Waals surface area (Å²) in [5.41, 5.74) is 0.0140. The molecule has 30 heavy (non-hydrogen) atoms. The van der Waals surface area contributed by atoms with Crippen LogP contribution in [0.25, 0.3) is 0 Å². The number of hydrogen-bond acceptors (Lipinski definition) is 4.